The van der Waals surface area contributed by atoms with Gasteiger partial charge in [-0.2, -0.15) is 13.2 Å². The van der Waals surface area contributed by atoms with Gasteiger partial charge in [-0.25, -0.2) is 17.8 Å². The number of benzene rings is 1. The van der Waals surface area contributed by atoms with Gasteiger partial charge in [0.05, 0.1) is 11.6 Å². The molecule has 0 aliphatic carbocycles. The van der Waals surface area contributed by atoms with Crippen molar-refractivity contribution in [3.63, 3.8) is 0 Å². The fourth-order valence-electron chi connectivity index (χ4n) is 3.08. The molecule has 1 aromatic carbocycles. The van der Waals surface area contributed by atoms with E-state index < -0.39 is 40.4 Å². The number of halogens is 4. The second kappa shape index (κ2) is 9.50. The lowest BCUT2D eigenvalue weighted by Gasteiger charge is -2.20. The summed E-state index contributed by atoms with van der Waals surface area (Å²) in [5.41, 5.74) is 4.93. The number of primary amides is 1. The van der Waals surface area contributed by atoms with Crippen LogP contribution in [0.1, 0.15) is 29.2 Å². The van der Waals surface area contributed by atoms with Crippen LogP contribution in [-0.4, -0.2) is 40.5 Å². The van der Waals surface area contributed by atoms with Crippen molar-refractivity contribution in [3.8, 4) is 0 Å². The van der Waals surface area contributed by atoms with Crippen molar-refractivity contribution >= 4 is 28.3 Å². The van der Waals surface area contributed by atoms with Crippen molar-refractivity contribution in [2.75, 3.05) is 30.3 Å². The molecular weight excluding hydrogens is 440 g/mol. The lowest BCUT2D eigenvalue weighted by atomic mass is 9.91. The Hall–Kier alpha value is -2.89. The average Bonchev–Trinajstić information content (AvgIpc) is 2.66. The minimum absolute atomic E-state index is 0.0909. The zero-order valence-electron chi connectivity index (χ0n) is 17.0. The third kappa shape index (κ3) is 5.84. The number of aromatic nitrogens is 1. The molecule has 0 spiro atoms. The molecule has 0 saturated heterocycles. The molecule has 1 aromatic heterocycles. The summed E-state index contributed by atoms with van der Waals surface area (Å²) >= 11 is 0. The molecule has 2 rings (SSSR count). The number of carbonyl (C=O) groups excluding carboxylic acids is 1. The fraction of sp³-hybridized carbons (Fsp3) is 0.368. The molecule has 31 heavy (non-hydrogen) atoms. The van der Waals surface area contributed by atoms with Crippen LogP contribution in [0.5, 0.6) is 0 Å². The Morgan fingerprint density at radius 1 is 1.16 bits per heavy atom. The van der Waals surface area contributed by atoms with Crippen LogP contribution >= 0.6 is 0 Å². The van der Waals surface area contributed by atoms with Gasteiger partial charge in [0.2, 0.25) is 16.8 Å². The smallest absolute Gasteiger partial charge is 0.369 e. The van der Waals surface area contributed by atoms with Crippen LogP contribution in [0, 0.1) is 5.82 Å². The van der Waals surface area contributed by atoms with E-state index in [0.29, 0.717) is 5.56 Å². The normalized spacial score (nSPS) is 12.6. The number of thiol groups is 1. The van der Waals surface area contributed by atoms with Gasteiger partial charge in [-0.15, -0.1) is 0 Å². The fourth-order valence-corrected chi connectivity index (χ4v) is 3.42. The molecule has 12 heteroatoms. The second-order valence-electron chi connectivity index (χ2n) is 7.04. The molecule has 1 atom stereocenters. The summed E-state index contributed by atoms with van der Waals surface area (Å²) in [6.07, 6.45) is -4.35. The number of amides is 1. The van der Waals surface area contributed by atoms with Crippen LogP contribution < -0.4 is 14.9 Å². The van der Waals surface area contributed by atoms with E-state index in [2.05, 4.69) is 4.98 Å². The summed E-state index contributed by atoms with van der Waals surface area (Å²) in [6.45, 7) is 0. The highest BCUT2D eigenvalue weighted by molar-refractivity contribution is 7.74. The first-order chi connectivity index (χ1) is 14.3. The predicted octanol–water partition coefficient (Wildman–Crippen LogP) is 2.47. The number of anilines is 2. The highest BCUT2D eigenvalue weighted by atomic mass is 32.2. The highest BCUT2D eigenvalue weighted by Crippen LogP contribution is 2.32. The van der Waals surface area contributed by atoms with Crippen LogP contribution in [0.2, 0.25) is 0 Å². The molecule has 7 nitrogen and oxygen atoms in total. The first-order valence-electron chi connectivity index (χ1n) is 9.04. The molecule has 2 N–H and O–H groups in total. The lowest BCUT2D eigenvalue weighted by Crippen LogP contribution is -2.23. The summed E-state index contributed by atoms with van der Waals surface area (Å²) in [7, 11) is 1.23. The topological polar surface area (TPSA) is 96.6 Å². The molecule has 1 amide bonds. The van der Waals surface area contributed by atoms with Crippen LogP contribution in [0.15, 0.2) is 30.3 Å². The number of nitrogens with two attached hydrogens (primary N) is 1. The minimum atomic E-state index is -4.60. The number of hydrogen-bond donors (Lipinski definition) is 2. The van der Waals surface area contributed by atoms with Crippen molar-refractivity contribution in [3.05, 3.63) is 53.0 Å². The largest absolute Gasteiger partial charge is 0.433 e. The van der Waals surface area contributed by atoms with E-state index in [0.717, 1.165) is 16.4 Å². The number of aryl methyl sites for hydroxylation is 1. The molecule has 0 saturated carbocycles. The summed E-state index contributed by atoms with van der Waals surface area (Å²) < 4.78 is 76.1. The zero-order valence-corrected chi connectivity index (χ0v) is 17.9. The van der Waals surface area contributed by atoms with Crippen LogP contribution in [0.3, 0.4) is 0 Å². The number of rotatable bonds is 8. The van der Waals surface area contributed by atoms with E-state index >= 15 is 0 Å². The molecule has 170 valence electrons. The molecular formula is C19H22F4N4O3S. The average molecular weight is 462 g/mol. The number of carbonyl (C=O) groups is 1. The van der Waals surface area contributed by atoms with Gasteiger partial charge in [0.25, 0.3) is 0 Å². The van der Waals surface area contributed by atoms with Crippen molar-refractivity contribution in [1.82, 2.24) is 4.98 Å². The SMILES string of the molecule is CN(C)c1nc(C(F)(F)F)ccc1CCC(C(N)=O)c1ccc(N(C)[SH](=O)=O)c(F)c1. The minimum Gasteiger partial charge on any atom is -0.369 e. The molecule has 0 aliphatic heterocycles. The molecule has 0 bridgehead atoms. The molecule has 1 heterocycles. The van der Waals surface area contributed by atoms with Gasteiger partial charge in [-0.3, -0.25) is 9.10 Å². The van der Waals surface area contributed by atoms with E-state index in [1.54, 1.807) is 14.1 Å². The number of hydrogen-bond acceptors (Lipinski definition) is 5. The third-order valence-corrected chi connectivity index (χ3v) is 5.39. The van der Waals surface area contributed by atoms with E-state index in [1.807, 2.05) is 0 Å². The quantitative estimate of drug-likeness (QED) is 0.464. The molecule has 2 aromatic rings. The van der Waals surface area contributed by atoms with Gasteiger partial charge >= 0.3 is 6.18 Å². The summed E-state index contributed by atoms with van der Waals surface area (Å²) in [5.74, 6) is -2.44. The maximum absolute atomic E-state index is 14.4. The number of pyridine rings is 1. The van der Waals surface area contributed by atoms with Crippen LogP contribution in [-0.2, 0) is 28.3 Å². The summed E-state index contributed by atoms with van der Waals surface area (Å²) in [6, 6.07) is 5.78. The van der Waals surface area contributed by atoms with Gasteiger partial charge in [0.15, 0.2) is 0 Å². The first-order valence-corrected chi connectivity index (χ1v) is 10.2. The molecule has 0 aliphatic rings. The first kappa shape index (κ1) is 24.4. The van der Waals surface area contributed by atoms with Gasteiger partial charge in [0.1, 0.15) is 17.3 Å². The maximum Gasteiger partial charge on any atom is 0.433 e. The number of alkyl halides is 3. The monoisotopic (exact) mass is 462 g/mol. The highest BCUT2D eigenvalue weighted by Gasteiger charge is 2.33. The standard InChI is InChI=1S/C19H22F4N4O3S/c1-26(2)18-11(6-9-16(25-18)19(21,22)23)4-7-13(17(24)28)12-5-8-15(14(20)10-12)27(3)31(29)30/h5-6,8-10,13,31H,4,7H2,1-3H3,(H2,24,28). The van der Waals surface area contributed by atoms with E-state index in [-0.39, 0.29) is 29.9 Å². The lowest BCUT2D eigenvalue weighted by molar-refractivity contribution is -0.141. The maximum atomic E-state index is 14.4. The zero-order chi connectivity index (χ0) is 23.5. The van der Waals surface area contributed by atoms with E-state index in [4.69, 9.17) is 5.73 Å². The number of nitrogens with zero attached hydrogens (tertiary/aromatic N) is 3. The Balaban J connectivity index is 2.32. The Labute approximate surface area is 178 Å². The Kier molecular flexibility index (Phi) is 7.47. The van der Waals surface area contributed by atoms with Crippen LogP contribution in [0.25, 0.3) is 0 Å². The summed E-state index contributed by atoms with van der Waals surface area (Å²) in [4.78, 5) is 17.1. The third-order valence-electron chi connectivity index (χ3n) is 4.68. The van der Waals surface area contributed by atoms with Gasteiger partial charge in [-0.1, -0.05) is 12.1 Å². The Bertz CT molecular complexity index is 1030. The molecule has 0 fully saturated rings. The van der Waals surface area contributed by atoms with Crippen molar-refractivity contribution in [1.29, 1.82) is 0 Å². The van der Waals surface area contributed by atoms with Gasteiger partial charge in [-0.05, 0) is 42.2 Å². The second-order valence-corrected chi connectivity index (χ2v) is 8.11. The molecule has 0 radical (unpaired) electrons. The van der Waals surface area contributed by atoms with Gasteiger partial charge < -0.3 is 10.6 Å². The van der Waals surface area contributed by atoms with Crippen molar-refractivity contribution in [2.45, 2.75) is 24.9 Å². The molecule has 1 unspecified atom stereocenters. The van der Waals surface area contributed by atoms with E-state index in [1.165, 1.54) is 30.1 Å². The Morgan fingerprint density at radius 2 is 1.81 bits per heavy atom. The van der Waals surface area contributed by atoms with Crippen molar-refractivity contribution < 1.29 is 30.8 Å². The summed E-state index contributed by atoms with van der Waals surface area (Å²) in [5, 5.41) is 0. The van der Waals surface area contributed by atoms with Crippen LogP contribution in [0.4, 0.5) is 29.1 Å². The van der Waals surface area contributed by atoms with E-state index in [9.17, 15) is 30.8 Å². The Morgan fingerprint density at radius 3 is 2.29 bits per heavy atom. The van der Waals surface area contributed by atoms with Crippen molar-refractivity contribution in [2.24, 2.45) is 5.73 Å². The predicted molar refractivity (Wildman–Crippen MR) is 109 cm³/mol. The van der Waals surface area contributed by atoms with Gasteiger partial charge in [0, 0.05) is 21.1 Å².